The fourth-order valence-electron chi connectivity index (χ4n) is 8.35. The Labute approximate surface area is 232 Å². The van der Waals surface area contributed by atoms with Crippen LogP contribution < -0.4 is 21.3 Å². The third-order valence-electron chi connectivity index (χ3n) is 10.5. The summed E-state index contributed by atoms with van der Waals surface area (Å²) in [6.45, 7) is 6.01. The molecule has 9 heteroatoms. The van der Waals surface area contributed by atoms with Crippen molar-refractivity contribution in [3.63, 3.8) is 0 Å². The Morgan fingerprint density at radius 2 is 1.92 bits per heavy atom. The van der Waals surface area contributed by atoms with Crippen molar-refractivity contribution in [2.75, 3.05) is 37.8 Å². The minimum Gasteiger partial charge on any atom is -0.349 e. The molecule has 0 bridgehead atoms. The van der Waals surface area contributed by atoms with E-state index in [1.165, 1.54) is 0 Å². The molecular weight excluding hydrogens is 492 g/mol. The number of pyridine rings is 1. The van der Waals surface area contributed by atoms with Gasteiger partial charge in [0.25, 0.3) is 0 Å². The van der Waals surface area contributed by atoms with Gasteiger partial charge in [-0.15, -0.1) is 0 Å². The molecule has 3 aliphatic carbocycles. The van der Waals surface area contributed by atoms with Crippen molar-refractivity contribution in [2.24, 2.45) is 34.5 Å². The van der Waals surface area contributed by atoms with E-state index in [-0.39, 0.29) is 34.7 Å². The molecular formula is C30H44N6O3. The average Bonchev–Trinajstić information content (AvgIpc) is 3.21. The Morgan fingerprint density at radius 1 is 1.10 bits per heavy atom. The van der Waals surface area contributed by atoms with E-state index in [4.69, 9.17) is 0 Å². The number of nitrogens with zero attached hydrogens (tertiary/aromatic N) is 2. The zero-order valence-corrected chi connectivity index (χ0v) is 23.8. The number of amides is 4. The molecule has 1 aliphatic heterocycles. The number of aromatic nitrogens is 1. The number of anilines is 2. The molecule has 9 nitrogen and oxygen atoms in total. The van der Waals surface area contributed by atoms with Crippen LogP contribution in [-0.4, -0.2) is 61.0 Å². The lowest BCUT2D eigenvalue weighted by Gasteiger charge is -2.59. The molecule has 0 unspecified atom stereocenters. The van der Waals surface area contributed by atoms with Crippen molar-refractivity contribution in [3.8, 4) is 0 Å². The van der Waals surface area contributed by atoms with Crippen LogP contribution in [0, 0.1) is 34.5 Å². The summed E-state index contributed by atoms with van der Waals surface area (Å²) in [5.41, 5.74) is 0.650. The molecule has 4 aliphatic rings. The molecule has 0 aromatic carbocycles. The van der Waals surface area contributed by atoms with E-state index in [0.29, 0.717) is 48.1 Å². The van der Waals surface area contributed by atoms with Crippen LogP contribution in [0.5, 0.6) is 0 Å². The zero-order valence-electron chi connectivity index (χ0n) is 23.8. The first-order chi connectivity index (χ1) is 18.6. The van der Waals surface area contributed by atoms with Gasteiger partial charge in [-0.05, 0) is 99.9 Å². The number of nitrogens with one attached hydrogen (secondary N) is 4. The predicted octanol–water partition coefficient (Wildman–Crippen LogP) is 4.01. The summed E-state index contributed by atoms with van der Waals surface area (Å²) >= 11 is 0. The maximum atomic E-state index is 13.3. The second-order valence-corrected chi connectivity index (χ2v) is 12.9. The van der Waals surface area contributed by atoms with Crippen LogP contribution >= 0.6 is 0 Å². The Morgan fingerprint density at radius 3 is 2.72 bits per heavy atom. The highest BCUT2D eigenvalue weighted by atomic mass is 16.2. The van der Waals surface area contributed by atoms with E-state index < -0.39 is 0 Å². The van der Waals surface area contributed by atoms with Crippen LogP contribution in [0.2, 0.25) is 0 Å². The van der Waals surface area contributed by atoms with Crippen molar-refractivity contribution in [1.82, 2.24) is 20.5 Å². The number of rotatable bonds is 7. The summed E-state index contributed by atoms with van der Waals surface area (Å²) in [6.07, 6.45) is 12.7. The van der Waals surface area contributed by atoms with Gasteiger partial charge < -0.3 is 26.2 Å². The molecule has 0 radical (unpaired) electrons. The van der Waals surface area contributed by atoms with Crippen molar-refractivity contribution in [2.45, 2.75) is 64.8 Å². The summed E-state index contributed by atoms with van der Waals surface area (Å²) in [7, 11) is 3.90. The lowest BCUT2D eigenvalue weighted by Crippen LogP contribution is -2.59. The highest BCUT2D eigenvalue weighted by molar-refractivity contribution is 5.97. The van der Waals surface area contributed by atoms with Gasteiger partial charge >= 0.3 is 6.03 Å². The second-order valence-electron chi connectivity index (χ2n) is 12.9. The molecule has 3 fully saturated rings. The number of fused-ring (bicyclic) bond motifs is 5. The molecule has 39 heavy (non-hydrogen) atoms. The third kappa shape index (κ3) is 5.42. The van der Waals surface area contributed by atoms with E-state index in [2.05, 4.69) is 46.2 Å². The molecule has 5 rings (SSSR count). The molecule has 0 saturated heterocycles. The maximum absolute atomic E-state index is 13.3. The van der Waals surface area contributed by atoms with E-state index in [9.17, 15) is 14.4 Å². The number of carbonyl (C=O) groups excluding carboxylic acids is 3. The molecule has 7 atom stereocenters. The van der Waals surface area contributed by atoms with Crippen LogP contribution in [0.3, 0.4) is 0 Å². The van der Waals surface area contributed by atoms with Gasteiger partial charge in [0.05, 0.1) is 5.69 Å². The number of likely N-dealkylation sites (N-methyl/N-ethyl adjacent to an activating group) is 1. The first kappa shape index (κ1) is 27.6. The zero-order chi connectivity index (χ0) is 27.8. The van der Waals surface area contributed by atoms with Gasteiger partial charge in [0.2, 0.25) is 11.8 Å². The fraction of sp³-hybridized carbons (Fsp3) is 0.667. The first-order valence-electron chi connectivity index (χ1n) is 14.5. The highest BCUT2D eigenvalue weighted by Crippen LogP contribution is 2.65. The normalized spacial score (nSPS) is 34.9. The van der Waals surface area contributed by atoms with E-state index in [1.807, 2.05) is 19.0 Å². The molecule has 1 aromatic heterocycles. The molecule has 212 valence electrons. The Hall–Kier alpha value is -2.94. The Balaban J connectivity index is 1.21. The topological polar surface area (TPSA) is 115 Å². The molecule has 4 amide bonds. The monoisotopic (exact) mass is 536 g/mol. The van der Waals surface area contributed by atoms with Crippen LogP contribution in [0.15, 0.2) is 30.5 Å². The number of hydrogen-bond acceptors (Lipinski definition) is 5. The van der Waals surface area contributed by atoms with Gasteiger partial charge in [-0.25, -0.2) is 9.78 Å². The lowest BCUT2D eigenvalue weighted by atomic mass is 9.48. The molecule has 2 heterocycles. The standard InChI is InChI=1S/C30H44N6O3/c1-29-13-11-22-20(8-10-24-30(22,2)14-12-25(37)34-24)21(29)9-7-19(29)18-26(38)35-27-23(6-5-15-31-27)33-28(39)32-16-17-36(3)4/h5-6,12,14-15,19-22,24H,7-11,13,16-18H2,1-4H3,(H,34,37)(H,31,35,38)(H2,32,33,39)/t19-,20+,21+,22+,24-,29-,30-/m1/s1. The average molecular weight is 537 g/mol. The number of urea groups is 1. The second kappa shape index (κ2) is 10.9. The number of hydrogen-bond donors (Lipinski definition) is 4. The SMILES string of the molecule is CN(C)CCNC(=O)Nc1cccnc1NC(=O)C[C@H]1CC[C@H]2[C@@H]3CC[C@H]4NC(=O)C=C[C@]4(C)[C@H]3CC[C@]12C. The van der Waals surface area contributed by atoms with Gasteiger partial charge in [-0.1, -0.05) is 19.9 Å². The van der Waals surface area contributed by atoms with Crippen molar-refractivity contribution >= 4 is 29.4 Å². The van der Waals surface area contributed by atoms with Gasteiger partial charge in [-0.3, -0.25) is 9.59 Å². The Bertz CT molecular complexity index is 1140. The van der Waals surface area contributed by atoms with E-state index >= 15 is 0 Å². The highest BCUT2D eigenvalue weighted by Gasteiger charge is 2.59. The van der Waals surface area contributed by atoms with Crippen molar-refractivity contribution in [1.29, 1.82) is 0 Å². The van der Waals surface area contributed by atoms with Crippen LogP contribution in [0.4, 0.5) is 16.3 Å². The first-order valence-corrected chi connectivity index (χ1v) is 14.5. The summed E-state index contributed by atoms with van der Waals surface area (Å²) in [5.74, 6) is 2.51. The molecule has 4 N–H and O–H groups in total. The van der Waals surface area contributed by atoms with Crippen LogP contribution in [0.1, 0.15) is 58.8 Å². The maximum Gasteiger partial charge on any atom is 0.319 e. The van der Waals surface area contributed by atoms with Crippen LogP contribution in [0.25, 0.3) is 0 Å². The molecule has 3 saturated carbocycles. The van der Waals surface area contributed by atoms with Gasteiger partial charge in [0, 0.05) is 37.2 Å². The van der Waals surface area contributed by atoms with E-state index in [0.717, 1.165) is 45.1 Å². The number of carbonyl (C=O) groups is 3. The van der Waals surface area contributed by atoms with Crippen molar-refractivity contribution in [3.05, 3.63) is 30.5 Å². The summed E-state index contributed by atoms with van der Waals surface area (Å²) < 4.78 is 0. The quantitative estimate of drug-likeness (QED) is 0.420. The van der Waals surface area contributed by atoms with Gasteiger partial charge in [-0.2, -0.15) is 0 Å². The Kier molecular flexibility index (Phi) is 7.73. The third-order valence-corrected chi connectivity index (χ3v) is 10.5. The van der Waals surface area contributed by atoms with Crippen molar-refractivity contribution < 1.29 is 14.4 Å². The minimum atomic E-state index is -0.320. The summed E-state index contributed by atoms with van der Waals surface area (Å²) in [4.78, 5) is 44.0. The van der Waals surface area contributed by atoms with E-state index in [1.54, 1.807) is 24.4 Å². The molecule has 1 aromatic rings. The van der Waals surface area contributed by atoms with Crippen LogP contribution in [-0.2, 0) is 9.59 Å². The lowest BCUT2D eigenvalue weighted by molar-refractivity contribution is -0.123. The molecule has 0 spiro atoms. The summed E-state index contributed by atoms with van der Waals surface area (Å²) in [5, 5.41) is 11.9. The predicted molar refractivity (Wildman–Crippen MR) is 152 cm³/mol. The summed E-state index contributed by atoms with van der Waals surface area (Å²) in [6, 6.07) is 3.41. The van der Waals surface area contributed by atoms with Gasteiger partial charge in [0.15, 0.2) is 5.82 Å². The largest absolute Gasteiger partial charge is 0.349 e. The van der Waals surface area contributed by atoms with Gasteiger partial charge in [0.1, 0.15) is 0 Å². The minimum absolute atomic E-state index is 0.0226. The smallest absolute Gasteiger partial charge is 0.319 e. The fourth-order valence-corrected chi connectivity index (χ4v) is 8.35.